The van der Waals surface area contributed by atoms with Crippen LogP contribution in [0.1, 0.15) is 13.3 Å². The standard InChI is InChI=1S/C13H18FNO3/c1-3-18-12-7-10(13(12)17-2)15-8-4-5-11(16)9(14)6-8/h4-6,10,12-13,15-16H,3,7H2,1-2H3. The molecule has 5 heteroatoms. The Morgan fingerprint density at radius 1 is 1.50 bits per heavy atom. The van der Waals surface area contributed by atoms with Crippen LogP contribution in [0.5, 0.6) is 5.75 Å². The number of phenolic OH excluding ortho intramolecular Hbond substituents is 1. The van der Waals surface area contributed by atoms with E-state index in [9.17, 15) is 4.39 Å². The van der Waals surface area contributed by atoms with E-state index in [1.54, 1.807) is 13.2 Å². The third-order valence-electron chi connectivity index (χ3n) is 3.20. The summed E-state index contributed by atoms with van der Waals surface area (Å²) < 4.78 is 24.1. The summed E-state index contributed by atoms with van der Waals surface area (Å²) in [5, 5.41) is 12.3. The minimum atomic E-state index is -0.630. The molecule has 0 amide bonds. The second-order valence-corrected chi connectivity index (χ2v) is 4.35. The van der Waals surface area contributed by atoms with Crippen molar-refractivity contribution >= 4 is 5.69 Å². The average molecular weight is 255 g/mol. The number of ether oxygens (including phenoxy) is 2. The molecule has 1 fully saturated rings. The van der Waals surface area contributed by atoms with E-state index < -0.39 is 5.82 Å². The summed E-state index contributed by atoms with van der Waals surface area (Å²) in [6, 6.07) is 4.35. The number of methoxy groups -OCH3 is 1. The van der Waals surface area contributed by atoms with E-state index in [1.165, 1.54) is 12.1 Å². The Balaban J connectivity index is 1.96. The van der Waals surface area contributed by atoms with E-state index in [-0.39, 0.29) is 24.0 Å². The molecule has 1 aromatic rings. The summed E-state index contributed by atoms with van der Waals surface area (Å²) in [6.45, 7) is 2.61. The summed E-state index contributed by atoms with van der Waals surface area (Å²) in [4.78, 5) is 0. The first-order valence-electron chi connectivity index (χ1n) is 6.05. The molecular weight excluding hydrogens is 237 g/mol. The minimum absolute atomic E-state index is 0.0261. The predicted octanol–water partition coefficient (Wildman–Crippen LogP) is 2.14. The van der Waals surface area contributed by atoms with Gasteiger partial charge >= 0.3 is 0 Å². The van der Waals surface area contributed by atoms with Crippen molar-refractivity contribution in [1.29, 1.82) is 0 Å². The van der Waals surface area contributed by atoms with Gasteiger partial charge in [-0.2, -0.15) is 0 Å². The fourth-order valence-corrected chi connectivity index (χ4v) is 2.23. The Morgan fingerprint density at radius 3 is 2.89 bits per heavy atom. The molecule has 3 unspecified atom stereocenters. The first-order valence-corrected chi connectivity index (χ1v) is 6.05. The molecule has 100 valence electrons. The topological polar surface area (TPSA) is 50.7 Å². The lowest BCUT2D eigenvalue weighted by Gasteiger charge is -2.43. The molecule has 1 aliphatic rings. The fraction of sp³-hybridized carbons (Fsp3) is 0.538. The van der Waals surface area contributed by atoms with Gasteiger partial charge in [0.15, 0.2) is 11.6 Å². The normalized spacial score (nSPS) is 26.7. The van der Waals surface area contributed by atoms with Crippen LogP contribution in [0.15, 0.2) is 18.2 Å². The maximum absolute atomic E-state index is 13.2. The molecule has 18 heavy (non-hydrogen) atoms. The number of anilines is 1. The van der Waals surface area contributed by atoms with Crippen LogP contribution >= 0.6 is 0 Å². The zero-order valence-corrected chi connectivity index (χ0v) is 10.5. The van der Waals surface area contributed by atoms with E-state index in [1.807, 2.05) is 6.92 Å². The molecule has 0 heterocycles. The number of nitrogens with one attached hydrogen (secondary N) is 1. The van der Waals surface area contributed by atoms with E-state index in [2.05, 4.69) is 5.32 Å². The van der Waals surface area contributed by atoms with Crippen molar-refractivity contribution in [3.05, 3.63) is 24.0 Å². The van der Waals surface area contributed by atoms with Crippen molar-refractivity contribution in [3.8, 4) is 5.75 Å². The second kappa shape index (κ2) is 5.54. The van der Waals surface area contributed by atoms with Gasteiger partial charge in [0.2, 0.25) is 0 Å². The van der Waals surface area contributed by atoms with Gasteiger partial charge in [-0.25, -0.2) is 4.39 Å². The van der Waals surface area contributed by atoms with Crippen molar-refractivity contribution in [2.75, 3.05) is 19.0 Å². The summed E-state index contributed by atoms with van der Waals surface area (Å²) >= 11 is 0. The van der Waals surface area contributed by atoms with Gasteiger partial charge in [0.1, 0.15) is 6.10 Å². The molecule has 2 N–H and O–H groups in total. The van der Waals surface area contributed by atoms with Crippen molar-refractivity contribution in [1.82, 2.24) is 0 Å². The molecule has 0 spiro atoms. The summed E-state index contributed by atoms with van der Waals surface area (Å²) in [5.74, 6) is -0.973. The van der Waals surface area contributed by atoms with Crippen LogP contribution in [0.2, 0.25) is 0 Å². The molecule has 1 aromatic carbocycles. The third kappa shape index (κ3) is 2.57. The van der Waals surface area contributed by atoms with Gasteiger partial charge in [-0.15, -0.1) is 0 Å². The van der Waals surface area contributed by atoms with Gasteiger partial charge in [-0.1, -0.05) is 0 Å². The lowest BCUT2D eigenvalue weighted by molar-refractivity contribution is -0.118. The van der Waals surface area contributed by atoms with Gasteiger partial charge in [-0.3, -0.25) is 0 Å². The Bertz CT molecular complexity index is 413. The monoisotopic (exact) mass is 255 g/mol. The van der Waals surface area contributed by atoms with E-state index >= 15 is 0 Å². The molecule has 1 saturated carbocycles. The first-order chi connectivity index (χ1) is 8.65. The van der Waals surface area contributed by atoms with Crippen molar-refractivity contribution in [2.45, 2.75) is 31.6 Å². The maximum Gasteiger partial charge on any atom is 0.166 e. The predicted molar refractivity (Wildman–Crippen MR) is 66.3 cm³/mol. The molecular formula is C13H18FNO3. The van der Waals surface area contributed by atoms with Crippen LogP contribution in [0.3, 0.4) is 0 Å². The lowest BCUT2D eigenvalue weighted by atomic mass is 9.85. The highest BCUT2D eigenvalue weighted by atomic mass is 19.1. The van der Waals surface area contributed by atoms with Gasteiger partial charge in [0, 0.05) is 25.5 Å². The van der Waals surface area contributed by atoms with E-state index in [0.29, 0.717) is 12.3 Å². The van der Waals surface area contributed by atoms with Crippen molar-refractivity contribution in [2.24, 2.45) is 0 Å². The number of halogens is 1. The highest BCUT2D eigenvalue weighted by molar-refractivity contribution is 5.48. The average Bonchev–Trinajstić information content (AvgIpc) is 2.32. The summed E-state index contributed by atoms with van der Waals surface area (Å²) in [5.41, 5.74) is 0.632. The van der Waals surface area contributed by atoms with Crippen LogP contribution in [-0.4, -0.2) is 37.1 Å². The smallest absolute Gasteiger partial charge is 0.166 e. The highest BCUT2D eigenvalue weighted by Crippen LogP contribution is 2.30. The molecule has 4 nitrogen and oxygen atoms in total. The summed E-state index contributed by atoms with van der Waals surface area (Å²) in [6.07, 6.45) is 0.899. The molecule has 0 bridgehead atoms. The van der Waals surface area contributed by atoms with Crippen LogP contribution in [-0.2, 0) is 9.47 Å². The Morgan fingerprint density at radius 2 is 2.28 bits per heavy atom. The SMILES string of the molecule is CCOC1CC(Nc2ccc(O)c(F)c2)C1OC. The molecule has 2 rings (SSSR count). The number of benzene rings is 1. The zero-order valence-electron chi connectivity index (χ0n) is 10.5. The summed E-state index contributed by atoms with van der Waals surface area (Å²) in [7, 11) is 1.64. The number of aromatic hydroxyl groups is 1. The minimum Gasteiger partial charge on any atom is -0.505 e. The number of phenols is 1. The van der Waals surface area contributed by atoms with E-state index in [0.717, 1.165) is 6.42 Å². The van der Waals surface area contributed by atoms with Crippen molar-refractivity contribution in [3.63, 3.8) is 0 Å². The molecule has 3 atom stereocenters. The Hall–Kier alpha value is -1.33. The third-order valence-corrected chi connectivity index (χ3v) is 3.20. The zero-order chi connectivity index (χ0) is 13.1. The molecule has 1 aliphatic carbocycles. The first kappa shape index (κ1) is 13.1. The Kier molecular flexibility index (Phi) is 4.04. The molecule has 0 aliphatic heterocycles. The van der Waals surface area contributed by atoms with Crippen LogP contribution in [0, 0.1) is 5.82 Å². The van der Waals surface area contributed by atoms with Crippen molar-refractivity contribution < 1.29 is 19.0 Å². The van der Waals surface area contributed by atoms with Crippen LogP contribution in [0.25, 0.3) is 0 Å². The van der Waals surface area contributed by atoms with Gasteiger partial charge in [0.05, 0.1) is 12.1 Å². The molecule has 0 aromatic heterocycles. The highest BCUT2D eigenvalue weighted by Gasteiger charge is 2.42. The van der Waals surface area contributed by atoms with Crippen LogP contribution in [0.4, 0.5) is 10.1 Å². The number of rotatable bonds is 5. The van der Waals surface area contributed by atoms with E-state index in [4.69, 9.17) is 14.6 Å². The largest absolute Gasteiger partial charge is 0.505 e. The quantitative estimate of drug-likeness (QED) is 0.791. The second-order valence-electron chi connectivity index (χ2n) is 4.35. The molecule has 0 radical (unpaired) electrons. The number of hydrogen-bond acceptors (Lipinski definition) is 4. The lowest BCUT2D eigenvalue weighted by Crippen LogP contribution is -2.56. The van der Waals surface area contributed by atoms with Gasteiger partial charge < -0.3 is 19.9 Å². The maximum atomic E-state index is 13.2. The number of hydrogen-bond donors (Lipinski definition) is 2. The van der Waals surface area contributed by atoms with Gasteiger partial charge in [-0.05, 0) is 25.5 Å². The van der Waals surface area contributed by atoms with Gasteiger partial charge in [0.25, 0.3) is 0 Å². The Labute approximate surface area is 106 Å². The molecule has 0 saturated heterocycles. The fourth-order valence-electron chi connectivity index (χ4n) is 2.23. The van der Waals surface area contributed by atoms with Crippen LogP contribution < -0.4 is 5.32 Å².